The van der Waals surface area contributed by atoms with E-state index in [2.05, 4.69) is 26.0 Å². The van der Waals surface area contributed by atoms with Crippen LogP contribution in [0.5, 0.6) is 11.5 Å². The predicted octanol–water partition coefficient (Wildman–Crippen LogP) is 5.87. The van der Waals surface area contributed by atoms with Crippen molar-refractivity contribution in [1.29, 1.82) is 0 Å². The molecule has 2 aromatic heterocycles. The number of nitrogens with zero attached hydrogens (tertiary/aromatic N) is 3. The van der Waals surface area contributed by atoms with Crippen LogP contribution < -0.4 is 20.7 Å². The van der Waals surface area contributed by atoms with Gasteiger partial charge in [-0.15, -0.1) is 0 Å². The van der Waals surface area contributed by atoms with E-state index in [9.17, 15) is 27.2 Å². The predicted molar refractivity (Wildman–Crippen MR) is 130 cm³/mol. The minimum atomic E-state index is -4.78. The first-order valence-electron chi connectivity index (χ1n) is 10.7. The van der Waals surface area contributed by atoms with E-state index in [1.165, 1.54) is 61.8 Å². The van der Waals surface area contributed by atoms with Gasteiger partial charge >= 0.3 is 12.2 Å². The van der Waals surface area contributed by atoms with Crippen molar-refractivity contribution in [2.45, 2.75) is 6.18 Å². The number of urea groups is 1. The molecule has 0 saturated heterocycles. The van der Waals surface area contributed by atoms with Gasteiger partial charge in [0.15, 0.2) is 5.69 Å². The number of hydrogen-bond acceptors (Lipinski definition) is 5. The third-order valence-corrected chi connectivity index (χ3v) is 5.18. The number of nitrogens with one attached hydrogen (secondary N) is 3. The lowest BCUT2D eigenvalue weighted by Crippen LogP contribution is -2.22. The highest BCUT2D eigenvalue weighted by molar-refractivity contribution is 6.30. The smallest absolute Gasteiger partial charge is 0.435 e. The molecule has 2 heterocycles. The maximum Gasteiger partial charge on any atom is 0.435 e. The first kappa shape index (κ1) is 26.4. The molecule has 0 spiro atoms. The first-order chi connectivity index (χ1) is 18.0. The van der Waals surface area contributed by atoms with Gasteiger partial charge in [0.05, 0.1) is 11.4 Å². The molecule has 0 aliphatic rings. The molecule has 0 atom stereocenters. The van der Waals surface area contributed by atoms with Crippen LogP contribution in [-0.4, -0.2) is 33.8 Å². The maximum absolute atomic E-state index is 14.7. The van der Waals surface area contributed by atoms with Crippen LogP contribution >= 0.6 is 11.6 Å². The van der Waals surface area contributed by atoms with Crippen molar-refractivity contribution in [2.75, 3.05) is 17.7 Å². The van der Waals surface area contributed by atoms with E-state index in [0.29, 0.717) is 11.1 Å². The average molecular weight is 549 g/mol. The van der Waals surface area contributed by atoms with Crippen molar-refractivity contribution < 1.29 is 31.9 Å². The second-order valence-corrected chi connectivity index (χ2v) is 8.02. The summed E-state index contributed by atoms with van der Waals surface area (Å²) in [5, 5.41) is 10.8. The number of anilines is 2. The molecule has 0 saturated carbocycles. The molecule has 3 amide bonds. The lowest BCUT2D eigenvalue weighted by atomic mass is 10.2. The Hall–Kier alpha value is -4.65. The van der Waals surface area contributed by atoms with Crippen molar-refractivity contribution in [3.8, 4) is 17.2 Å². The van der Waals surface area contributed by atoms with Gasteiger partial charge in [0, 0.05) is 36.5 Å². The van der Waals surface area contributed by atoms with Crippen LogP contribution in [0.4, 0.5) is 33.9 Å². The Morgan fingerprint density at radius 1 is 0.974 bits per heavy atom. The number of halogens is 5. The van der Waals surface area contributed by atoms with Crippen LogP contribution in [0.25, 0.3) is 5.69 Å². The fourth-order valence-electron chi connectivity index (χ4n) is 3.18. The minimum absolute atomic E-state index is 0.0538. The zero-order chi connectivity index (χ0) is 27.4. The molecular formula is C24H17ClF4N6O3. The minimum Gasteiger partial charge on any atom is -0.457 e. The molecule has 2 aromatic carbocycles. The number of benzene rings is 2. The number of pyridine rings is 1. The molecule has 0 aliphatic carbocycles. The molecular weight excluding hydrogens is 532 g/mol. The van der Waals surface area contributed by atoms with Crippen LogP contribution in [0, 0.1) is 5.82 Å². The molecule has 3 N–H and O–H groups in total. The molecule has 196 valence electrons. The summed E-state index contributed by atoms with van der Waals surface area (Å²) in [6.45, 7) is 0. The summed E-state index contributed by atoms with van der Waals surface area (Å²) >= 11 is 5.84. The van der Waals surface area contributed by atoms with Gasteiger partial charge in [-0.05, 0) is 42.5 Å². The first-order valence-corrected chi connectivity index (χ1v) is 11.1. The van der Waals surface area contributed by atoms with Gasteiger partial charge in [0.1, 0.15) is 28.8 Å². The molecule has 4 aromatic rings. The summed E-state index contributed by atoms with van der Waals surface area (Å²) in [6, 6.07) is 11.7. The molecule has 0 unspecified atom stereocenters. The Balaban J connectivity index is 1.50. The summed E-state index contributed by atoms with van der Waals surface area (Å²) in [5.41, 5.74) is -1.23. The van der Waals surface area contributed by atoms with E-state index in [-0.39, 0.29) is 34.4 Å². The van der Waals surface area contributed by atoms with Gasteiger partial charge in [-0.25, -0.2) is 13.9 Å². The number of carbonyl (C=O) groups excluding carboxylic acids is 2. The van der Waals surface area contributed by atoms with Crippen LogP contribution in [0.3, 0.4) is 0 Å². The summed E-state index contributed by atoms with van der Waals surface area (Å²) in [6.07, 6.45) is -3.43. The summed E-state index contributed by atoms with van der Waals surface area (Å²) in [7, 11) is 1.44. The number of ether oxygens (including phenoxy) is 1. The summed E-state index contributed by atoms with van der Waals surface area (Å²) in [4.78, 5) is 28.1. The van der Waals surface area contributed by atoms with Crippen LogP contribution in [0.15, 0.2) is 66.9 Å². The van der Waals surface area contributed by atoms with E-state index in [1.54, 1.807) is 0 Å². The molecule has 14 heteroatoms. The highest BCUT2D eigenvalue weighted by Crippen LogP contribution is 2.32. The van der Waals surface area contributed by atoms with Gasteiger partial charge in [-0.3, -0.25) is 15.1 Å². The number of hydrogen-bond donors (Lipinski definition) is 3. The Morgan fingerprint density at radius 2 is 1.68 bits per heavy atom. The van der Waals surface area contributed by atoms with Crippen molar-refractivity contribution in [2.24, 2.45) is 0 Å². The van der Waals surface area contributed by atoms with Gasteiger partial charge in [0.2, 0.25) is 0 Å². The van der Waals surface area contributed by atoms with Crippen molar-refractivity contribution in [3.63, 3.8) is 0 Å². The number of aromatic nitrogens is 3. The van der Waals surface area contributed by atoms with E-state index in [1.807, 2.05) is 0 Å². The Bertz CT molecular complexity index is 1490. The van der Waals surface area contributed by atoms with Crippen molar-refractivity contribution in [3.05, 3.63) is 89.1 Å². The fourth-order valence-corrected chi connectivity index (χ4v) is 3.31. The number of rotatable bonds is 6. The molecule has 0 bridgehead atoms. The lowest BCUT2D eigenvalue weighted by molar-refractivity contribution is -0.141. The largest absolute Gasteiger partial charge is 0.457 e. The molecule has 0 fully saturated rings. The highest BCUT2D eigenvalue weighted by Gasteiger charge is 2.35. The zero-order valence-corrected chi connectivity index (χ0v) is 20.1. The summed E-state index contributed by atoms with van der Waals surface area (Å²) < 4.78 is 60.9. The van der Waals surface area contributed by atoms with Crippen LogP contribution in [-0.2, 0) is 6.18 Å². The van der Waals surface area contributed by atoms with Gasteiger partial charge in [-0.2, -0.15) is 18.3 Å². The second kappa shape index (κ2) is 10.8. The Kier molecular flexibility index (Phi) is 7.48. The molecule has 38 heavy (non-hydrogen) atoms. The van der Waals surface area contributed by atoms with Crippen LogP contribution in [0.2, 0.25) is 5.02 Å². The van der Waals surface area contributed by atoms with E-state index in [4.69, 9.17) is 16.3 Å². The Labute approximate surface area is 217 Å². The van der Waals surface area contributed by atoms with Gasteiger partial charge in [-0.1, -0.05) is 11.6 Å². The number of carbonyl (C=O) groups is 2. The molecule has 0 aliphatic heterocycles. The highest BCUT2D eigenvalue weighted by atomic mass is 35.5. The topological polar surface area (TPSA) is 110 Å². The normalized spacial score (nSPS) is 11.1. The molecule has 4 rings (SSSR count). The van der Waals surface area contributed by atoms with Gasteiger partial charge < -0.3 is 15.4 Å². The van der Waals surface area contributed by atoms with Gasteiger partial charge in [0.25, 0.3) is 5.91 Å². The SMILES string of the molecule is CNC(=O)c1cc(Oc2ccc(NC(=O)Nc3cc(C(F)(F)F)nn3-c3ccc(Cl)cc3)c(F)c2)ccn1. The summed E-state index contributed by atoms with van der Waals surface area (Å²) in [5.74, 6) is -1.37. The van der Waals surface area contributed by atoms with Crippen LogP contribution in [0.1, 0.15) is 16.2 Å². The average Bonchev–Trinajstić information content (AvgIpc) is 3.30. The standard InChI is InChI=1S/C24H17ClF4N6O3/c1-30-22(36)19-11-16(8-9-31-19)38-15-6-7-18(17(26)10-15)32-23(37)33-21-12-20(24(27,28)29)34-35(21)14-4-2-13(25)3-5-14/h2-12H,1H3,(H,30,36)(H2,32,33,37). The zero-order valence-electron chi connectivity index (χ0n) is 19.3. The van der Waals surface area contributed by atoms with E-state index < -0.39 is 29.6 Å². The second-order valence-electron chi connectivity index (χ2n) is 7.58. The third-order valence-electron chi connectivity index (χ3n) is 4.93. The number of alkyl halides is 3. The quantitative estimate of drug-likeness (QED) is 0.261. The molecule has 9 nitrogen and oxygen atoms in total. The monoisotopic (exact) mass is 548 g/mol. The van der Waals surface area contributed by atoms with Crippen molar-refractivity contribution >= 4 is 35.0 Å². The van der Waals surface area contributed by atoms with E-state index in [0.717, 1.165) is 10.7 Å². The number of amides is 3. The lowest BCUT2D eigenvalue weighted by Gasteiger charge is -2.12. The van der Waals surface area contributed by atoms with E-state index >= 15 is 0 Å². The molecule has 0 radical (unpaired) electrons. The fraction of sp³-hybridized carbons (Fsp3) is 0.0833. The maximum atomic E-state index is 14.7. The third kappa shape index (κ3) is 6.18. The van der Waals surface area contributed by atoms with Crippen molar-refractivity contribution in [1.82, 2.24) is 20.1 Å². The Morgan fingerprint density at radius 3 is 2.34 bits per heavy atom.